The average molecular weight is 412 g/mol. The van der Waals surface area contributed by atoms with Gasteiger partial charge in [0.25, 0.3) is 5.91 Å². The number of benzene rings is 1. The number of nitrogens with zero attached hydrogens (tertiary/aromatic N) is 3. The predicted molar refractivity (Wildman–Crippen MR) is 113 cm³/mol. The van der Waals surface area contributed by atoms with E-state index in [0.717, 1.165) is 44.2 Å². The third-order valence-corrected chi connectivity index (χ3v) is 6.36. The minimum absolute atomic E-state index is 0.000245. The summed E-state index contributed by atoms with van der Waals surface area (Å²) in [5.74, 6) is -0.543. The number of rotatable bonds is 7. The van der Waals surface area contributed by atoms with Crippen molar-refractivity contribution in [2.75, 3.05) is 6.54 Å². The summed E-state index contributed by atoms with van der Waals surface area (Å²) in [7, 11) is 1.98. The van der Waals surface area contributed by atoms with Crippen LogP contribution in [0.3, 0.4) is 0 Å². The molecule has 2 amide bonds. The van der Waals surface area contributed by atoms with Crippen molar-refractivity contribution in [2.24, 2.45) is 7.05 Å². The van der Waals surface area contributed by atoms with Gasteiger partial charge in [0.1, 0.15) is 12.4 Å². The zero-order chi connectivity index (χ0) is 21.1. The van der Waals surface area contributed by atoms with Gasteiger partial charge in [0.05, 0.1) is 6.54 Å². The molecule has 0 bridgehead atoms. The summed E-state index contributed by atoms with van der Waals surface area (Å²) in [4.78, 5) is 30.3. The first kappa shape index (κ1) is 20.6. The van der Waals surface area contributed by atoms with Gasteiger partial charge in [0.2, 0.25) is 5.91 Å². The molecule has 2 aromatic rings. The fourth-order valence-corrected chi connectivity index (χ4v) is 4.40. The van der Waals surface area contributed by atoms with E-state index in [2.05, 4.69) is 0 Å². The minimum Gasteiger partial charge on any atom is -0.353 e. The SMILES string of the molecule is Cn1cccc1CN(C(=O)CN(C(=O)c1ccc(F)cc1)C1CCCCC1)C1CC1. The molecule has 1 aromatic heterocycles. The van der Waals surface area contributed by atoms with Crippen LogP contribution in [0.1, 0.15) is 61.0 Å². The van der Waals surface area contributed by atoms with Gasteiger partial charge in [-0.3, -0.25) is 9.59 Å². The Hall–Kier alpha value is -2.63. The summed E-state index contributed by atoms with van der Waals surface area (Å²) in [5.41, 5.74) is 1.53. The summed E-state index contributed by atoms with van der Waals surface area (Å²) in [6, 6.07) is 9.99. The number of halogens is 1. The Morgan fingerprint density at radius 1 is 0.967 bits per heavy atom. The monoisotopic (exact) mass is 411 g/mol. The topological polar surface area (TPSA) is 45.6 Å². The molecule has 2 saturated carbocycles. The van der Waals surface area contributed by atoms with Gasteiger partial charge in [0, 0.05) is 36.6 Å². The van der Waals surface area contributed by atoms with E-state index in [1.807, 2.05) is 34.8 Å². The van der Waals surface area contributed by atoms with E-state index in [0.29, 0.717) is 12.1 Å². The second-order valence-electron chi connectivity index (χ2n) is 8.60. The van der Waals surface area contributed by atoms with Gasteiger partial charge in [-0.2, -0.15) is 0 Å². The molecule has 0 saturated heterocycles. The Labute approximate surface area is 177 Å². The van der Waals surface area contributed by atoms with E-state index in [1.54, 1.807) is 4.90 Å². The summed E-state index contributed by atoms with van der Waals surface area (Å²) >= 11 is 0. The van der Waals surface area contributed by atoms with E-state index in [4.69, 9.17) is 0 Å². The first-order valence-corrected chi connectivity index (χ1v) is 11.0. The Balaban J connectivity index is 1.53. The molecule has 30 heavy (non-hydrogen) atoms. The predicted octanol–water partition coefficient (Wildman–Crippen LogP) is 4.13. The number of aryl methyl sites for hydroxylation is 1. The zero-order valence-electron chi connectivity index (χ0n) is 17.6. The molecule has 6 heteroatoms. The van der Waals surface area contributed by atoms with E-state index >= 15 is 0 Å². The highest BCUT2D eigenvalue weighted by Gasteiger charge is 2.36. The quantitative estimate of drug-likeness (QED) is 0.688. The average Bonchev–Trinajstić information content (AvgIpc) is 3.52. The van der Waals surface area contributed by atoms with Crippen molar-refractivity contribution in [3.8, 4) is 0 Å². The highest BCUT2D eigenvalue weighted by molar-refractivity contribution is 5.96. The molecule has 0 aliphatic heterocycles. The van der Waals surface area contributed by atoms with Crippen molar-refractivity contribution in [1.82, 2.24) is 14.4 Å². The fraction of sp³-hybridized carbons (Fsp3) is 0.500. The van der Waals surface area contributed by atoms with Gasteiger partial charge in [-0.25, -0.2) is 4.39 Å². The van der Waals surface area contributed by atoms with Gasteiger partial charge in [0.15, 0.2) is 0 Å². The molecule has 0 atom stereocenters. The molecular weight excluding hydrogens is 381 g/mol. The maximum absolute atomic E-state index is 13.4. The first-order chi connectivity index (χ1) is 14.5. The van der Waals surface area contributed by atoms with Crippen LogP contribution in [0.4, 0.5) is 4.39 Å². The van der Waals surface area contributed by atoms with Crippen LogP contribution < -0.4 is 0 Å². The van der Waals surface area contributed by atoms with Crippen molar-refractivity contribution in [3.63, 3.8) is 0 Å². The lowest BCUT2D eigenvalue weighted by atomic mass is 9.93. The second-order valence-corrected chi connectivity index (χ2v) is 8.60. The van der Waals surface area contributed by atoms with Gasteiger partial charge in [-0.1, -0.05) is 19.3 Å². The molecule has 0 unspecified atom stereocenters. The Morgan fingerprint density at radius 3 is 2.23 bits per heavy atom. The van der Waals surface area contributed by atoms with Crippen LogP contribution in [0.15, 0.2) is 42.6 Å². The molecule has 2 aliphatic carbocycles. The van der Waals surface area contributed by atoms with Crippen molar-refractivity contribution in [3.05, 3.63) is 59.7 Å². The molecule has 4 rings (SSSR count). The molecule has 2 fully saturated rings. The lowest BCUT2D eigenvalue weighted by Crippen LogP contribution is -2.48. The third-order valence-electron chi connectivity index (χ3n) is 6.36. The van der Waals surface area contributed by atoms with E-state index in [9.17, 15) is 14.0 Å². The van der Waals surface area contributed by atoms with E-state index in [-0.39, 0.29) is 36.3 Å². The van der Waals surface area contributed by atoms with Crippen LogP contribution >= 0.6 is 0 Å². The molecule has 1 aromatic carbocycles. The number of carbonyl (C=O) groups excluding carboxylic acids is 2. The van der Waals surface area contributed by atoms with E-state index in [1.165, 1.54) is 30.7 Å². The lowest BCUT2D eigenvalue weighted by molar-refractivity contribution is -0.133. The highest BCUT2D eigenvalue weighted by atomic mass is 19.1. The summed E-state index contributed by atoms with van der Waals surface area (Å²) in [5, 5.41) is 0. The van der Waals surface area contributed by atoms with Crippen molar-refractivity contribution in [2.45, 2.75) is 63.6 Å². The smallest absolute Gasteiger partial charge is 0.254 e. The van der Waals surface area contributed by atoms with Crippen LogP contribution in [0.25, 0.3) is 0 Å². The second kappa shape index (κ2) is 9.02. The lowest BCUT2D eigenvalue weighted by Gasteiger charge is -2.35. The molecule has 160 valence electrons. The maximum Gasteiger partial charge on any atom is 0.254 e. The Morgan fingerprint density at radius 2 is 1.63 bits per heavy atom. The molecular formula is C24H30FN3O2. The normalized spacial score (nSPS) is 17.0. The number of hydrogen-bond acceptors (Lipinski definition) is 2. The third kappa shape index (κ3) is 4.74. The summed E-state index contributed by atoms with van der Waals surface area (Å²) in [6.07, 6.45) is 9.17. The minimum atomic E-state index is -0.366. The van der Waals surface area contributed by atoms with Crippen LogP contribution in [-0.4, -0.2) is 44.8 Å². The molecule has 0 N–H and O–H groups in total. The molecule has 1 heterocycles. The fourth-order valence-electron chi connectivity index (χ4n) is 4.40. The largest absolute Gasteiger partial charge is 0.353 e. The van der Waals surface area contributed by atoms with Gasteiger partial charge < -0.3 is 14.4 Å². The van der Waals surface area contributed by atoms with Crippen molar-refractivity contribution in [1.29, 1.82) is 0 Å². The molecule has 0 spiro atoms. The summed E-state index contributed by atoms with van der Waals surface area (Å²) in [6.45, 7) is 0.651. The van der Waals surface area contributed by atoms with E-state index < -0.39 is 0 Å². The molecule has 2 aliphatic rings. The number of aromatic nitrogens is 1. The zero-order valence-corrected chi connectivity index (χ0v) is 17.6. The van der Waals surface area contributed by atoms with Gasteiger partial charge >= 0.3 is 0 Å². The van der Waals surface area contributed by atoms with Gasteiger partial charge in [-0.15, -0.1) is 0 Å². The standard InChI is InChI=1S/C24H30FN3O2/c1-26-15-5-8-22(26)16-27(21-13-14-21)23(29)17-28(20-6-3-2-4-7-20)24(30)18-9-11-19(25)12-10-18/h5,8-12,15,20-21H,2-4,6-7,13-14,16-17H2,1H3. The van der Waals surface area contributed by atoms with Crippen molar-refractivity contribution >= 4 is 11.8 Å². The summed E-state index contributed by atoms with van der Waals surface area (Å²) < 4.78 is 15.4. The Kier molecular flexibility index (Phi) is 6.21. The highest BCUT2D eigenvalue weighted by Crippen LogP contribution is 2.30. The number of carbonyl (C=O) groups is 2. The number of amides is 2. The molecule has 0 radical (unpaired) electrons. The van der Waals surface area contributed by atoms with Crippen LogP contribution in [0, 0.1) is 5.82 Å². The van der Waals surface area contributed by atoms with Crippen LogP contribution in [0.2, 0.25) is 0 Å². The Bertz CT molecular complexity index is 882. The van der Waals surface area contributed by atoms with Crippen LogP contribution in [0.5, 0.6) is 0 Å². The van der Waals surface area contributed by atoms with Gasteiger partial charge in [-0.05, 0) is 62.1 Å². The first-order valence-electron chi connectivity index (χ1n) is 11.0. The number of hydrogen-bond donors (Lipinski definition) is 0. The van der Waals surface area contributed by atoms with Crippen LogP contribution in [-0.2, 0) is 18.4 Å². The molecule has 5 nitrogen and oxygen atoms in total. The van der Waals surface area contributed by atoms with Crippen molar-refractivity contribution < 1.29 is 14.0 Å². The maximum atomic E-state index is 13.4.